The van der Waals surface area contributed by atoms with E-state index in [0.29, 0.717) is 6.04 Å². The van der Waals surface area contributed by atoms with Gasteiger partial charge in [0.2, 0.25) is 0 Å². The summed E-state index contributed by atoms with van der Waals surface area (Å²) in [5.74, 6) is 1.60. The molecular weight excluding hydrogens is 278 g/mol. The topological polar surface area (TPSA) is 35.2 Å². The lowest BCUT2D eigenvalue weighted by molar-refractivity contribution is 0.410. The van der Waals surface area contributed by atoms with Gasteiger partial charge in [0.05, 0.1) is 11.6 Å². The van der Waals surface area contributed by atoms with Crippen molar-refractivity contribution in [3.8, 4) is 5.75 Å². The minimum Gasteiger partial charge on any atom is -0.496 e. The van der Waals surface area contributed by atoms with E-state index in [9.17, 15) is 0 Å². The number of ether oxygens (including phenoxy) is 1. The Morgan fingerprint density at radius 2 is 2.12 bits per heavy atom. The number of rotatable bonds is 4. The van der Waals surface area contributed by atoms with Crippen LogP contribution in [0.2, 0.25) is 0 Å². The Hall–Kier alpha value is -0.540. The highest BCUT2D eigenvalue weighted by atomic mass is 79.9. The molecule has 1 aliphatic carbocycles. The Bertz CT molecular complexity index is 374. The van der Waals surface area contributed by atoms with Crippen molar-refractivity contribution in [3.05, 3.63) is 28.2 Å². The first-order chi connectivity index (χ1) is 8.20. The maximum Gasteiger partial charge on any atom is 0.133 e. The van der Waals surface area contributed by atoms with Crippen molar-refractivity contribution in [1.29, 1.82) is 0 Å². The molecule has 1 aromatic rings. The Morgan fingerprint density at radius 3 is 2.71 bits per heavy atom. The second-order valence-electron chi connectivity index (χ2n) is 4.88. The fraction of sp³-hybridized carbons (Fsp3) is 0.571. The molecule has 0 heterocycles. The van der Waals surface area contributed by atoms with Gasteiger partial charge in [0.1, 0.15) is 5.75 Å². The maximum atomic E-state index is 6.29. The largest absolute Gasteiger partial charge is 0.496 e. The SMILES string of the molecule is COc1ccc(CC(N)C2CCCC2)cc1Br. The van der Waals surface area contributed by atoms with Gasteiger partial charge < -0.3 is 10.5 Å². The summed E-state index contributed by atoms with van der Waals surface area (Å²) in [6, 6.07) is 6.53. The average molecular weight is 298 g/mol. The van der Waals surface area contributed by atoms with Crippen molar-refractivity contribution in [2.45, 2.75) is 38.1 Å². The molecule has 2 nitrogen and oxygen atoms in total. The maximum absolute atomic E-state index is 6.29. The molecule has 0 bridgehead atoms. The molecule has 0 aromatic heterocycles. The zero-order valence-electron chi connectivity index (χ0n) is 10.3. The van der Waals surface area contributed by atoms with E-state index < -0.39 is 0 Å². The second-order valence-corrected chi connectivity index (χ2v) is 5.74. The van der Waals surface area contributed by atoms with Gasteiger partial charge in [0.25, 0.3) is 0 Å². The first kappa shape index (κ1) is 12.9. The lowest BCUT2D eigenvalue weighted by atomic mass is 9.93. The summed E-state index contributed by atoms with van der Waals surface area (Å²) in [4.78, 5) is 0. The second kappa shape index (κ2) is 5.87. The minimum absolute atomic E-state index is 0.304. The highest BCUT2D eigenvalue weighted by Gasteiger charge is 2.22. The smallest absolute Gasteiger partial charge is 0.133 e. The summed E-state index contributed by atoms with van der Waals surface area (Å²) in [5.41, 5.74) is 7.57. The molecule has 0 aliphatic heterocycles. The van der Waals surface area contributed by atoms with E-state index in [0.717, 1.165) is 22.6 Å². The fourth-order valence-electron chi connectivity index (χ4n) is 2.66. The molecule has 0 spiro atoms. The Kier molecular flexibility index (Phi) is 4.46. The quantitative estimate of drug-likeness (QED) is 0.923. The molecule has 1 aliphatic rings. The predicted octanol–water partition coefficient (Wildman–Crippen LogP) is 3.52. The van der Waals surface area contributed by atoms with Crippen LogP contribution < -0.4 is 10.5 Å². The van der Waals surface area contributed by atoms with Crippen LogP contribution in [0.25, 0.3) is 0 Å². The van der Waals surface area contributed by atoms with Crippen LogP contribution in [-0.4, -0.2) is 13.2 Å². The van der Waals surface area contributed by atoms with Gasteiger partial charge in [-0.15, -0.1) is 0 Å². The van der Waals surface area contributed by atoms with Crippen molar-refractivity contribution in [1.82, 2.24) is 0 Å². The van der Waals surface area contributed by atoms with Gasteiger partial charge in [-0.25, -0.2) is 0 Å². The zero-order chi connectivity index (χ0) is 12.3. The molecule has 2 N–H and O–H groups in total. The number of benzene rings is 1. The molecule has 3 heteroatoms. The average Bonchev–Trinajstić information content (AvgIpc) is 2.82. The normalized spacial score (nSPS) is 18.3. The zero-order valence-corrected chi connectivity index (χ0v) is 11.9. The van der Waals surface area contributed by atoms with Gasteiger partial charge in [-0.3, -0.25) is 0 Å². The summed E-state index contributed by atoms with van der Waals surface area (Å²) in [5, 5.41) is 0. The van der Waals surface area contributed by atoms with Crippen LogP contribution in [0.4, 0.5) is 0 Å². The number of nitrogens with two attached hydrogens (primary N) is 1. The highest BCUT2D eigenvalue weighted by Crippen LogP contribution is 2.30. The van der Waals surface area contributed by atoms with Crippen molar-refractivity contribution < 1.29 is 4.74 Å². The molecule has 0 amide bonds. The van der Waals surface area contributed by atoms with E-state index in [-0.39, 0.29) is 0 Å². The highest BCUT2D eigenvalue weighted by molar-refractivity contribution is 9.10. The summed E-state index contributed by atoms with van der Waals surface area (Å²) in [6.07, 6.45) is 6.28. The molecule has 0 radical (unpaired) electrons. The monoisotopic (exact) mass is 297 g/mol. The molecule has 1 aromatic carbocycles. The van der Waals surface area contributed by atoms with Gasteiger partial charge in [0.15, 0.2) is 0 Å². The van der Waals surface area contributed by atoms with E-state index in [2.05, 4.69) is 28.1 Å². The molecule has 1 unspecified atom stereocenters. The lowest BCUT2D eigenvalue weighted by Gasteiger charge is -2.19. The molecule has 1 atom stereocenters. The van der Waals surface area contributed by atoms with Crippen LogP contribution in [0.5, 0.6) is 5.75 Å². The molecule has 17 heavy (non-hydrogen) atoms. The predicted molar refractivity (Wildman–Crippen MR) is 74.3 cm³/mol. The van der Waals surface area contributed by atoms with Crippen molar-refractivity contribution in [2.24, 2.45) is 11.7 Å². The first-order valence-corrected chi connectivity index (χ1v) is 7.08. The third kappa shape index (κ3) is 3.23. The van der Waals surface area contributed by atoms with Crippen molar-refractivity contribution in [2.75, 3.05) is 7.11 Å². The van der Waals surface area contributed by atoms with Crippen LogP contribution in [0.3, 0.4) is 0 Å². The van der Waals surface area contributed by atoms with E-state index in [1.54, 1.807) is 7.11 Å². The molecule has 2 rings (SSSR count). The van der Waals surface area contributed by atoms with Gasteiger partial charge in [0, 0.05) is 6.04 Å². The molecule has 1 fully saturated rings. The number of halogens is 1. The third-order valence-corrected chi connectivity index (χ3v) is 4.31. The number of hydrogen-bond acceptors (Lipinski definition) is 2. The first-order valence-electron chi connectivity index (χ1n) is 6.28. The number of methoxy groups -OCH3 is 1. The van der Waals surface area contributed by atoms with Gasteiger partial charge in [-0.1, -0.05) is 18.9 Å². The van der Waals surface area contributed by atoms with E-state index in [4.69, 9.17) is 10.5 Å². The van der Waals surface area contributed by atoms with Crippen LogP contribution in [0.15, 0.2) is 22.7 Å². The van der Waals surface area contributed by atoms with Gasteiger partial charge in [-0.05, 0) is 58.8 Å². The van der Waals surface area contributed by atoms with Gasteiger partial charge >= 0.3 is 0 Å². The molecule has 0 saturated heterocycles. The fourth-order valence-corrected chi connectivity index (χ4v) is 3.25. The Labute approximate surface area is 112 Å². The van der Waals surface area contributed by atoms with E-state index in [1.165, 1.54) is 31.2 Å². The van der Waals surface area contributed by atoms with Crippen LogP contribution in [-0.2, 0) is 6.42 Å². The lowest BCUT2D eigenvalue weighted by Crippen LogP contribution is -2.30. The van der Waals surface area contributed by atoms with Crippen LogP contribution in [0.1, 0.15) is 31.2 Å². The molecule has 94 valence electrons. The number of hydrogen-bond donors (Lipinski definition) is 1. The molecule has 1 saturated carbocycles. The van der Waals surface area contributed by atoms with Crippen molar-refractivity contribution in [3.63, 3.8) is 0 Å². The summed E-state index contributed by atoms with van der Waals surface area (Å²) in [7, 11) is 1.68. The van der Waals surface area contributed by atoms with Crippen LogP contribution >= 0.6 is 15.9 Å². The van der Waals surface area contributed by atoms with Crippen molar-refractivity contribution >= 4 is 15.9 Å². The third-order valence-electron chi connectivity index (χ3n) is 3.69. The van der Waals surface area contributed by atoms with Crippen LogP contribution in [0, 0.1) is 5.92 Å². The summed E-state index contributed by atoms with van der Waals surface area (Å²) >= 11 is 3.51. The van der Waals surface area contributed by atoms with E-state index in [1.807, 2.05) is 6.07 Å². The van der Waals surface area contributed by atoms with Gasteiger partial charge in [-0.2, -0.15) is 0 Å². The Morgan fingerprint density at radius 1 is 1.41 bits per heavy atom. The standard InChI is InChI=1S/C14H20BrNO/c1-17-14-7-6-10(8-12(14)15)9-13(16)11-4-2-3-5-11/h6-8,11,13H,2-5,9,16H2,1H3. The Balaban J connectivity index is 2.00. The van der Waals surface area contributed by atoms with E-state index >= 15 is 0 Å². The molecular formula is C14H20BrNO. The summed E-state index contributed by atoms with van der Waals surface area (Å²) < 4.78 is 6.24. The minimum atomic E-state index is 0.304. The summed E-state index contributed by atoms with van der Waals surface area (Å²) in [6.45, 7) is 0.